The van der Waals surface area contributed by atoms with Crippen LogP contribution in [-0.2, 0) is 26.2 Å². The molecule has 0 fully saturated rings. The van der Waals surface area contributed by atoms with E-state index >= 15 is 0 Å². The highest BCUT2D eigenvalue weighted by molar-refractivity contribution is 7.92. The lowest BCUT2D eigenvalue weighted by Crippen LogP contribution is -2.52. The normalized spacial score (nSPS) is 12.0. The van der Waals surface area contributed by atoms with Crippen molar-refractivity contribution in [1.82, 2.24) is 10.2 Å². The van der Waals surface area contributed by atoms with E-state index in [1.807, 2.05) is 13.8 Å². The van der Waals surface area contributed by atoms with Crippen LogP contribution in [0, 0.1) is 0 Å². The molecule has 0 radical (unpaired) electrons. The first-order valence-corrected chi connectivity index (χ1v) is 15.0. The fraction of sp³-hybridized carbons (Fsp3) is 0.310. The van der Waals surface area contributed by atoms with Gasteiger partial charge in [-0.05, 0) is 60.9 Å². The average molecular weight is 591 g/mol. The van der Waals surface area contributed by atoms with Crippen molar-refractivity contribution in [3.63, 3.8) is 0 Å². The van der Waals surface area contributed by atoms with Gasteiger partial charge in [0, 0.05) is 23.1 Å². The van der Waals surface area contributed by atoms with Gasteiger partial charge in [-0.25, -0.2) is 8.42 Å². The first-order chi connectivity index (χ1) is 18.7. The zero-order valence-electron chi connectivity index (χ0n) is 22.0. The molecule has 0 saturated carbocycles. The fourth-order valence-corrected chi connectivity index (χ4v) is 5.83. The van der Waals surface area contributed by atoms with Gasteiger partial charge in [-0.1, -0.05) is 79.9 Å². The predicted molar refractivity (Wildman–Crippen MR) is 156 cm³/mol. The number of anilines is 1. The summed E-state index contributed by atoms with van der Waals surface area (Å²) in [5, 5.41) is 3.75. The van der Waals surface area contributed by atoms with Crippen LogP contribution in [0.15, 0.2) is 83.8 Å². The number of benzene rings is 3. The zero-order valence-corrected chi connectivity index (χ0v) is 24.3. The monoisotopic (exact) mass is 589 g/mol. The largest absolute Gasteiger partial charge is 0.354 e. The molecule has 0 saturated heterocycles. The summed E-state index contributed by atoms with van der Waals surface area (Å²) in [4.78, 5) is 28.6. The Bertz CT molecular complexity index is 1350. The second-order valence-corrected chi connectivity index (χ2v) is 11.7. The number of unbranched alkanes of at least 4 members (excludes halogenated alkanes) is 1. The van der Waals surface area contributed by atoms with Crippen molar-refractivity contribution in [2.45, 2.75) is 50.6 Å². The summed E-state index contributed by atoms with van der Waals surface area (Å²) in [7, 11) is -4.15. The number of halogens is 2. The molecule has 208 valence electrons. The van der Waals surface area contributed by atoms with Crippen molar-refractivity contribution >= 4 is 50.7 Å². The Morgan fingerprint density at radius 2 is 1.54 bits per heavy atom. The molecule has 3 aromatic rings. The molecule has 0 heterocycles. The summed E-state index contributed by atoms with van der Waals surface area (Å²) in [6.45, 7) is 3.85. The van der Waals surface area contributed by atoms with Gasteiger partial charge in [0.1, 0.15) is 12.6 Å². The number of sulfonamides is 1. The predicted octanol–water partition coefficient (Wildman–Crippen LogP) is 5.91. The molecule has 3 aromatic carbocycles. The maximum atomic E-state index is 14.0. The molecule has 0 aliphatic carbocycles. The van der Waals surface area contributed by atoms with Gasteiger partial charge >= 0.3 is 0 Å². The van der Waals surface area contributed by atoms with Gasteiger partial charge in [0.15, 0.2) is 0 Å². The number of carbonyl (C=O) groups excluding carboxylic acids is 2. The summed E-state index contributed by atoms with van der Waals surface area (Å²) in [5.41, 5.74) is 0.970. The third kappa shape index (κ3) is 7.97. The van der Waals surface area contributed by atoms with E-state index in [1.165, 1.54) is 29.2 Å². The number of para-hydroxylation sites is 1. The maximum Gasteiger partial charge on any atom is 0.264 e. The summed E-state index contributed by atoms with van der Waals surface area (Å²) in [5.74, 6) is -0.827. The first-order valence-electron chi connectivity index (χ1n) is 12.8. The molecule has 0 aromatic heterocycles. The van der Waals surface area contributed by atoms with E-state index in [2.05, 4.69) is 5.32 Å². The van der Waals surface area contributed by atoms with Crippen LogP contribution >= 0.6 is 23.2 Å². The summed E-state index contributed by atoms with van der Waals surface area (Å²) in [6, 6.07) is 20.4. The molecule has 0 bridgehead atoms. The van der Waals surface area contributed by atoms with Crippen molar-refractivity contribution in [1.29, 1.82) is 0 Å². The molecule has 0 aliphatic rings. The lowest BCUT2D eigenvalue weighted by atomic mass is 10.1. The van der Waals surface area contributed by atoms with Crippen molar-refractivity contribution in [2.75, 3.05) is 17.4 Å². The smallest absolute Gasteiger partial charge is 0.264 e. The highest BCUT2D eigenvalue weighted by Gasteiger charge is 2.33. The molecule has 7 nitrogen and oxygen atoms in total. The van der Waals surface area contributed by atoms with Gasteiger partial charge in [0.25, 0.3) is 10.0 Å². The minimum atomic E-state index is -4.15. The van der Waals surface area contributed by atoms with E-state index in [-0.39, 0.29) is 17.3 Å². The standard InChI is InChI=1S/C29H33Cl2N3O4S/c1-3-5-19-32-29(36)27(4-2)33(20-22-11-9-10-14-26(22)31)28(35)21-34(24-12-7-6-8-13-24)39(37,38)25-17-15-23(30)16-18-25/h6-18,27H,3-5,19-21H2,1-2H3,(H,32,36)/t27-/m0/s1. The van der Waals surface area contributed by atoms with Crippen LogP contribution in [0.1, 0.15) is 38.7 Å². The average Bonchev–Trinajstić information content (AvgIpc) is 2.93. The maximum absolute atomic E-state index is 14.0. The van der Waals surface area contributed by atoms with Gasteiger partial charge in [0.05, 0.1) is 10.6 Å². The topological polar surface area (TPSA) is 86.8 Å². The summed E-state index contributed by atoms with van der Waals surface area (Å²) in [6.07, 6.45) is 2.05. The molecular weight excluding hydrogens is 557 g/mol. The molecule has 0 unspecified atom stereocenters. The first kappa shape index (κ1) is 30.5. The van der Waals surface area contributed by atoms with Crippen LogP contribution in [0.3, 0.4) is 0 Å². The van der Waals surface area contributed by atoms with Gasteiger partial charge in [-0.3, -0.25) is 13.9 Å². The Kier molecular flexibility index (Phi) is 11.2. The van der Waals surface area contributed by atoms with Crippen molar-refractivity contribution < 1.29 is 18.0 Å². The van der Waals surface area contributed by atoms with Gasteiger partial charge in [-0.2, -0.15) is 0 Å². The number of hydrogen-bond donors (Lipinski definition) is 1. The third-order valence-corrected chi connectivity index (χ3v) is 8.65. The number of nitrogens with zero attached hydrogens (tertiary/aromatic N) is 2. The van der Waals surface area contributed by atoms with E-state index in [9.17, 15) is 18.0 Å². The highest BCUT2D eigenvalue weighted by Crippen LogP contribution is 2.26. The number of hydrogen-bond acceptors (Lipinski definition) is 4. The van der Waals surface area contributed by atoms with Crippen LogP contribution in [0.5, 0.6) is 0 Å². The van der Waals surface area contributed by atoms with E-state index < -0.39 is 28.5 Å². The van der Waals surface area contributed by atoms with Crippen LogP contribution in [0.4, 0.5) is 5.69 Å². The van der Waals surface area contributed by atoms with Crippen LogP contribution in [-0.4, -0.2) is 44.3 Å². The molecule has 3 rings (SSSR count). The summed E-state index contributed by atoms with van der Waals surface area (Å²) < 4.78 is 28.6. The molecule has 2 amide bonds. The second kappa shape index (κ2) is 14.4. The van der Waals surface area contributed by atoms with Gasteiger partial charge < -0.3 is 10.2 Å². The number of nitrogens with one attached hydrogen (secondary N) is 1. The zero-order chi connectivity index (χ0) is 28.4. The molecule has 39 heavy (non-hydrogen) atoms. The molecule has 1 N–H and O–H groups in total. The number of carbonyl (C=O) groups is 2. The third-order valence-electron chi connectivity index (χ3n) is 6.24. The van der Waals surface area contributed by atoms with Crippen LogP contribution in [0.25, 0.3) is 0 Å². The Balaban J connectivity index is 2.02. The van der Waals surface area contributed by atoms with Crippen LogP contribution in [0.2, 0.25) is 10.0 Å². The molecule has 0 spiro atoms. The second-order valence-electron chi connectivity index (χ2n) is 8.98. The molecule has 1 atom stereocenters. The SMILES string of the molecule is CCCCNC(=O)[C@H](CC)N(Cc1ccccc1Cl)C(=O)CN(c1ccccc1)S(=O)(=O)c1ccc(Cl)cc1. The minimum Gasteiger partial charge on any atom is -0.354 e. The van der Waals surface area contributed by atoms with E-state index in [0.717, 1.165) is 17.1 Å². The Morgan fingerprint density at radius 1 is 0.897 bits per heavy atom. The number of amides is 2. The molecule has 0 aliphatic heterocycles. The van der Waals surface area contributed by atoms with Gasteiger partial charge in [-0.15, -0.1) is 0 Å². The van der Waals surface area contributed by atoms with E-state index in [0.29, 0.717) is 34.3 Å². The summed E-state index contributed by atoms with van der Waals surface area (Å²) >= 11 is 12.4. The van der Waals surface area contributed by atoms with Crippen molar-refractivity contribution in [3.05, 3.63) is 94.5 Å². The quantitative estimate of drug-likeness (QED) is 0.251. The number of rotatable bonds is 13. The molecular formula is C29H33Cl2N3O4S. The lowest BCUT2D eigenvalue weighted by molar-refractivity contribution is -0.140. The van der Waals surface area contributed by atoms with Gasteiger partial charge in [0.2, 0.25) is 11.8 Å². The minimum absolute atomic E-state index is 0.00874. The molecule has 10 heteroatoms. The lowest BCUT2D eigenvalue weighted by Gasteiger charge is -2.33. The van der Waals surface area contributed by atoms with E-state index in [4.69, 9.17) is 23.2 Å². The Hall–Kier alpha value is -3.07. The Labute approximate surface area is 240 Å². The fourth-order valence-electron chi connectivity index (χ4n) is 4.09. The highest BCUT2D eigenvalue weighted by atomic mass is 35.5. The van der Waals surface area contributed by atoms with Crippen LogP contribution < -0.4 is 9.62 Å². The van der Waals surface area contributed by atoms with Crippen molar-refractivity contribution in [3.8, 4) is 0 Å². The Morgan fingerprint density at radius 3 is 2.15 bits per heavy atom. The van der Waals surface area contributed by atoms with Crippen molar-refractivity contribution in [2.24, 2.45) is 0 Å². The van der Waals surface area contributed by atoms with E-state index in [1.54, 1.807) is 54.6 Å².